The third-order valence-electron chi connectivity index (χ3n) is 3.42. The average Bonchev–Trinajstić information content (AvgIpc) is 2.90. The number of aromatic nitrogens is 3. The van der Waals surface area contributed by atoms with Gasteiger partial charge in [0.1, 0.15) is 11.4 Å². The molecule has 6 heteroatoms. The predicted molar refractivity (Wildman–Crippen MR) is 72.0 cm³/mol. The Hall–Kier alpha value is -2.63. The molecule has 0 bridgehead atoms. The van der Waals surface area contributed by atoms with E-state index in [-0.39, 0.29) is 11.4 Å². The molecule has 0 aliphatic rings. The van der Waals surface area contributed by atoms with Crippen LogP contribution in [0.5, 0.6) is 0 Å². The van der Waals surface area contributed by atoms with Crippen molar-refractivity contribution in [3.8, 4) is 11.4 Å². The van der Waals surface area contributed by atoms with Crippen LogP contribution in [0.25, 0.3) is 22.3 Å². The van der Waals surface area contributed by atoms with E-state index in [1.165, 1.54) is 23.0 Å². The summed E-state index contributed by atoms with van der Waals surface area (Å²) in [7, 11) is 3.49. The van der Waals surface area contributed by atoms with Crippen molar-refractivity contribution >= 4 is 16.9 Å². The van der Waals surface area contributed by atoms with Crippen molar-refractivity contribution in [2.24, 2.45) is 14.1 Å². The van der Waals surface area contributed by atoms with Gasteiger partial charge in [0, 0.05) is 25.0 Å². The number of fused-ring (bicyclic) bond motifs is 1. The molecule has 0 radical (unpaired) electrons. The minimum atomic E-state index is -1.04. The van der Waals surface area contributed by atoms with Crippen molar-refractivity contribution in [2.45, 2.75) is 0 Å². The fraction of sp³-hybridized carbons (Fsp3) is 0.143. The highest BCUT2D eigenvalue weighted by Gasteiger charge is 2.20. The molecule has 3 aromatic rings. The summed E-state index contributed by atoms with van der Waals surface area (Å²) in [6.07, 6.45) is 1.32. The molecule has 0 amide bonds. The molecule has 1 N–H and O–H groups in total. The van der Waals surface area contributed by atoms with Crippen LogP contribution >= 0.6 is 0 Å². The lowest BCUT2D eigenvalue weighted by Crippen LogP contribution is -2.03. The monoisotopic (exact) mass is 273 g/mol. The van der Waals surface area contributed by atoms with Gasteiger partial charge in [-0.25, -0.2) is 9.18 Å². The van der Waals surface area contributed by atoms with Crippen LogP contribution in [0.3, 0.4) is 0 Å². The summed E-state index contributed by atoms with van der Waals surface area (Å²) in [6, 6.07) is 6.25. The zero-order chi connectivity index (χ0) is 14.4. The molecular formula is C14H12FN3O2. The summed E-state index contributed by atoms with van der Waals surface area (Å²) in [5.41, 5.74) is 2.14. The van der Waals surface area contributed by atoms with Crippen LogP contribution in [0, 0.1) is 5.82 Å². The Morgan fingerprint density at radius 2 is 2.05 bits per heavy atom. The highest BCUT2D eigenvalue weighted by molar-refractivity contribution is 5.96. The van der Waals surface area contributed by atoms with Crippen molar-refractivity contribution < 1.29 is 14.3 Å². The SMILES string of the molecule is Cn1ncc(C(=O)O)c1-c1cc2cc(F)ccc2n1C. The van der Waals surface area contributed by atoms with Crippen LogP contribution in [0.4, 0.5) is 4.39 Å². The molecule has 0 spiro atoms. The molecule has 0 aliphatic heterocycles. The molecule has 2 aromatic heterocycles. The van der Waals surface area contributed by atoms with Crippen molar-refractivity contribution in [2.75, 3.05) is 0 Å². The molecule has 3 rings (SSSR count). The van der Waals surface area contributed by atoms with Crippen LogP contribution in [0.2, 0.25) is 0 Å². The molecule has 5 nitrogen and oxygen atoms in total. The number of carbonyl (C=O) groups is 1. The van der Waals surface area contributed by atoms with Gasteiger partial charge in [0.05, 0.1) is 17.6 Å². The number of rotatable bonds is 2. The molecule has 20 heavy (non-hydrogen) atoms. The average molecular weight is 273 g/mol. The van der Waals surface area contributed by atoms with Gasteiger partial charge < -0.3 is 9.67 Å². The molecule has 0 fully saturated rings. The Morgan fingerprint density at radius 3 is 2.75 bits per heavy atom. The predicted octanol–water partition coefficient (Wildman–Crippen LogP) is 2.42. The quantitative estimate of drug-likeness (QED) is 0.780. The summed E-state index contributed by atoms with van der Waals surface area (Å²) in [5, 5.41) is 13.9. The Bertz CT molecular complexity index is 832. The molecule has 102 valence electrons. The lowest BCUT2D eigenvalue weighted by Gasteiger charge is -2.06. The van der Waals surface area contributed by atoms with E-state index in [1.54, 1.807) is 19.2 Å². The third-order valence-corrected chi connectivity index (χ3v) is 3.42. The molecule has 0 saturated carbocycles. The van der Waals surface area contributed by atoms with Gasteiger partial charge >= 0.3 is 5.97 Å². The minimum Gasteiger partial charge on any atom is -0.478 e. The maximum absolute atomic E-state index is 13.3. The Balaban J connectivity index is 2.33. The lowest BCUT2D eigenvalue weighted by atomic mass is 10.2. The minimum absolute atomic E-state index is 0.124. The first-order valence-electron chi connectivity index (χ1n) is 5.99. The fourth-order valence-electron chi connectivity index (χ4n) is 2.45. The molecule has 0 unspecified atom stereocenters. The number of carboxylic acids is 1. The van der Waals surface area contributed by atoms with Gasteiger partial charge in [0.15, 0.2) is 0 Å². The number of hydrogen-bond donors (Lipinski definition) is 1. The third kappa shape index (κ3) is 1.69. The largest absolute Gasteiger partial charge is 0.478 e. The normalized spacial score (nSPS) is 11.2. The smallest absolute Gasteiger partial charge is 0.339 e. The number of nitrogens with zero attached hydrogens (tertiary/aromatic N) is 3. The number of aromatic carboxylic acids is 1. The van der Waals surface area contributed by atoms with Gasteiger partial charge in [0.25, 0.3) is 0 Å². The highest BCUT2D eigenvalue weighted by Crippen LogP contribution is 2.29. The van der Waals surface area contributed by atoms with E-state index in [2.05, 4.69) is 5.10 Å². The highest BCUT2D eigenvalue weighted by atomic mass is 19.1. The number of carboxylic acid groups (broad SMARTS) is 1. The number of benzene rings is 1. The molecule has 1 aromatic carbocycles. The summed E-state index contributed by atoms with van der Waals surface area (Å²) < 4.78 is 16.6. The van der Waals surface area contributed by atoms with E-state index in [4.69, 9.17) is 0 Å². The summed E-state index contributed by atoms with van der Waals surface area (Å²) in [6.45, 7) is 0. The standard InChI is InChI=1S/C14H12FN3O2/c1-17-11-4-3-9(15)5-8(11)6-12(17)13-10(14(19)20)7-16-18(13)2/h3-7H,1-2H3,(H,19,20). The number of hydrogen-bond acceptors (Lipinski definition) is 2. The van der Waals surface area contributed by atoms with E-state index >= 15 is 0 Å². The second-order valence-electron chi connectivity index (χ2n) is 4.63. The van der Waals surface area contributed by atoms with E-state index < -0.39 is 5.97 Å². The second kappa shape index (κ2) is 4.19. The Morgan fingerprint density at radius 1 is 1.30 bits per heavy atom. The zero-order valence-corrected chi connectivity index (χ0v) is 11.0. The van der Waals surface area contributed by atoms with Crippen LogP contribution in [-0.2, 0) is 14.1 Å². The lowest BCUT2D eigenvalue weighted by molar-refractivity contribution is 0.0697. The molecule has 0 saturated heterocycles. The van der Waals surface area contributed by atoms with Crippen LogP contribution in [0.1, 0.15) is 10.4 Å². The number of aryl methyl sites for hydroxylation is 2. The first kappa shape index (κ1) is 12.4. The van der Waals surface area contributed by atoms with Crippen molar-refractivity contribution in [1.29, 1.82) is 0 Å². The Kier molecular flexibility index (Phi) is 2.60. The van der Waals surface area contributed by atoms with E-state index in [0.29, 0.717) is 11.4 Å². The molecule has 0 atom stereocenters. The van der Waals surface area contributed by atoms with E-state index in [1.807, 2.05) is 11.6 Å². The van der Waals surface area contributed by atoms with Crippen molar-refractivity contribution in [3.05, 3.63) is 41.8 Å². The number of halogens is 1. The van der Waals surface area contributed by atoms with Gasteiger partial charge in [-0.1, -0.05) is 0 Å². The van der Waals surface area contributed by atoms with Gasteiger partial charge in [-0.05, 0) is 24.3 Å². The van der Waals surface area contributed by atoms with E-state index in [9.17, 15) is 14.3 Å². The van der Waals surface area contributed by atoms with Crippen LogP contribution in [0.15, 0.2) is 30.5 Å². The molecule has 0 aliphatic carbocycles. The first-order valence-corrected chi connectivity index (χ1v) is 5.99. The maximum atomic E-state index is 13.3. The van der Waals surface area contributed by atoms with Gasteiger partial charge in [-0.2, -0.15) is 5.10 Å². The zero-order valence-electron chi connectivity index (χ0n) is 11.0. The van der Waals surface area contributed by atoms with Gasteiger partial charge in [-0.15, -0.1) is 0 Å². The maximum Gasteiger partial charge on any atom is 0.339 e. The topological polar surface area (TPSA) is 60.1 Å². The molecule has 2 heterocycles. The summed E-state index contributed by atoms with van der Waals surface area (Å²) >= 11 is 0. The summed E-state index contributed by atoms with van der Waals surface area (Å²) in [4.78, 5) is 11.3. The van der Waals surface area contributed by atoms with Crippen LogP contribution < -0.4 is 0 Å². The summed E-state index contributed by atoms with van der Waals surface area (Å²) in [5.74, 6) is -1.36. The van der Waals surface area contributed by atoms with E-state index in [0.717, 1.165) is 10.9 Å². The van der Waals surface area contributed by atoms with Gasteiger partial charge in [0.2, 0.25) is 0 Å². The Labute approximate surface area is 113 Å². The second-order valence-corrected chi connectivity index (χ2v) is 4.63. The molecular weight excluding hydrogens is 261 g/mol. The van der Waals surface area contributed by atoms with Crippen molar-refractivity contribution in [3.63, 3.8) is 0 Å². The van der Waals surface area contributed by atoms with Crippen LogP contribution in [-0.4, -0.2) is 25.4 Å². The first-order chi connectivity index (χ1) is 9.49. The van der Waals surface area contributed by atoms with Gasteiger partial charge in [-0.3, -0.25) is 4.68 Å². The fourth-order valence-corrected chi connectivity index (χ4v) is 2.45. The van der Waals surface area contributed by atoms with Crippen molar-refractivity contribution in [1.82, 2.24) is 14.3 Å².